The lowest BCUT2D eigenvalue weighted by atomic mass is 10.2. The minimum Gasteiger partial charge on any atom is -0.495 e. The van der Waals surface area contributed by atoms with Crippen molar-refractivity contribution in [3.63, 3.8) is 0 Å². The zero-order valence-corrected chi connectivity index (χ0v) is 27.0. The number of carbonyl (C=O) groups is 4. The number of anilines is 2. The lowest BCUT2D eigenvalue weighted by Gasteiger charge is -2.24. The van der Waals surface area contributed by atoms with Gasteiger partial charge in [-0.15, -0.1) is 0 Å². The summed E-state index contributed by atoms with van der Waals surface area (Å²) >= 11 is 0. The van der Waals surface area contributed by atoms with E-state index in [-0.39, 0.29) is 30.2 Å². The Balaban J connectivity index is 1.66. The molecule has 0 aliphatic carbocycles. The second kappa shape index (κ2) is 20.2. The highest BCUT2D eigenvalue weighted by atomic mass is 16.5. The van der Waals surface area contributed by atoms with Gasteiger partial charge in [0.1, 0.15) is 18.4 Å². The van der Waals surface area contributed by atoms with Gasteiger partial charge in [-0.1, -0.05) is 42.2 Å². The van der Waals surface area contributed by atoms with Crippen LogP contribution >= 0.6 is 0 Å². The summed E-state index contributed by atoms with van der Waals surface area (Å²) in [5.74, 6) is 40.0. The molecule has 0 bridgehead atoms. The molecular formula is C40H24N4O6. The molecule has 1 aliphatic heterocycles. The summed E-state index contributed by atoms with van der Waals surface area (Å²) in [6.07, 6.45) is 0.577. The molecule has 0 radical (unpaired) electrons. The van der Waals surface area contributed by atoms with Crippen LogP contribution in [0.5, 0.6) is 5.75 Å². The molecule has 1 saturated heterocycles. The molecule has 3 rings (SSSR count). The van der Waals surface area contributed by atoms with Crippen LogP contribution in [-0.4, -0.2) is 53.4 Å². The highest BCUT2D eigenvalue weighted by Crippen LogP contribution is 2.29. The number of nitrogens with zero attached hydrogens (tertiary/aromatic N) is 2. The van der Waals surface area contributed by atoms with Crippen LogP contribution in [0, 0.1) is 107 Å². The average molecular weight is 657 g/mol. The average Bonchev–Trinajstić information content (AvgIpc) is 3.38. The van der Waals surface area contributed by atoms with Crippen molar-refractivity contribution in [2.45, 2.75) is 26.6 Å². The Morgan fingerprint density at radius 3 is 1.96 bits per heavy atom. The molecule has 0 spiro atoms. The molecule has 50 heavy (non-hydrogen) atoms. The normalized spacial score (nSPS) is 10.5. The molecule has 10 heteroatoms. The zero-order valence-electron chi connectivity index (χ0n) is 27.0. The van der Waals surface area contributed by atoms with E-state index in [1.165, 1.54) is 37.1 Å². The molecule has 1 heterocycles. The molecule has 1 aliphatic rings. The number of urea groups is 1. The molecule has 2 N–H and O–H groups in total. The minimum atomic E-state index is -1.72. The Morgan fingerprint density at radius 1 is 0.780 bits per heavy atom. The van der Waals surface area contributed by atoms with Gasteiger partial charge in [0.15, 0.2) is 0 Å². The number of rotatable bonds is 8. The monoisotopic (exact) mass is 656 g/mol. The van der Waals surface area contributed by atoms with Gasteiger partial charge in [0.05, 0.1) is 12.8 Å². The second-order valence-corrected chi connectivity index (χ2v) is 9.19. The minimum absolute atomic E-state index is 0.102. The van der Waals surface area contributed by atoms with Crippen LogP contribution in [-0.2, 0) is 25.7 Å². The van der Waals surface area contributed by atoms with Gasteiger partial charge in [-0.3, -0.25) is 14.4 Å². The molecule has 0 saturated carbocycles. The van der Waals surface area contributed by atoms with Crippen molar-refractivity contribution < 1.29 is 28.7 Å². The maximum atomic E-state index is 13.4. The lowest BCUT2D eigenvalue weighted by molar-refractivity contribution is -0.142. The number of carbonyl (C=O) groups excluding carboxylic acids is 4. The summed E-state index contributed by atoms with van der Waals surface area (Å²) in [5, 5.41) is 5.14. The molecule has 240 valence electrons. The molecule has 0 aromatic heterocycles. The highest BCUT2D eigenvalue weighted by molar-refractivity contribution is 6.08. The molecular weight excluding hydrogens is 632 g/mol. The predicted octanol–water partition coefficient (Wildman–Crippen LogP) is 2.41. The molecule has 10 nitrogen and oxygen atoms in total. The summed E-state index contributed by atoms with van der Waals surface area (Å²) < 4.78 is 10.7. The van der Waals surface area contributed by atoms with Gasteiger partial charge in [0.2, 0.25) is 0 Å². The van der Waals surface area contributed by atoms with Crippen molar-refractivity contribution in [1.29, 1.82) is 0 Å². The van der Waals surface area contributed by atoms with Gasteiger partial charge >= 0.3 is 11.9 Å². The van der Waals surface area contributed by atoms with Crippen LogP contribution in [0.2, 0.25) is 0 Å². The van der Waals surface area contributed by atoms with E-state index in [0.29, 0.717) is 4.90 Å². The first-order valence-corrected chi connectivity index (χ1v) is 14.3. The number of hydrogen-bond acceptors (Lipinski definition) is 6. The zero-order chi connectivity index (χ0) is 36.0. The maximum Gasteiger partial charge on any atom is 0.331 e. The fourth-order valence-electron chi connectivity index (χ4n) is 3.83. The number of ether oxygens (including phenoxy) is 2. The second-order valence-electron chi connectivity index (χ2n) is 9.19. The fourth-order valence-corrected chi connectivity index (χ4v) is 3.83. The van der Waals surface area contributed by atoms with E-state index in [4.69, 9.17) is 9.47 Å². The number of amides is 5. The molecule has 5 amide bonds. The van der Waals surface area contributed by atoms with Crippen LogP contribution in [0.4, 0.5) is 16.2 Å². The summed E-state index contributed by atoms with van der Waals surface area (Å²) in [5.41, 5.74) is 1.14. The first-order chi connectivity index (χ1) is 24.4. The Bertz CT molecular complexity index is 2260. The van der Waals surface area contributed by atoms with Crippen molar-refractivity contribution in [1.82, 2.24) is 9.80 Å². The molecule has 1 atom stereocenters. The van der Waals surface area contributed by atoms with E-state index >= 15 is 0 Å². The van der Waals surface area contributed by atoms with Crippen LogP contribution in [0.3, 0.4) is 0 Å². The number of hydrogen-bond donors (Lipinski definition) is 2. The smallest absolute Gasteiger partial charge is 0.331 e. The molecule has 2 aromatic carbocycles. The summed E-state index contributed by atoms with van der Waals surface area (Å²) in [6, 6.07) is 12.8. The first kappa shape index (κ1) is 36.4. The van der Waals surface area contributed by atoms with Crippen molar-refractivity contribution in [2.75, 3.05) is 24.3 Å². The van der Waals surface area contributed by atoms with Gasteiger partial charge in [0, 0.05) is 25.1 Å². The largest absolute Gasteiger partial charge is 0.495 e. The van der Waals surface area contributed by atoms with Gasteiger partial charge in [-0.25, -0.2) is 9.69 Å². The SMILES string of the molecule is CC#CC#CC#CC#CC#CC#CC#CC#CC(=O)Nc1ccc(OC)c(NC(=O)C(OC#CC)N2C(=O)CN(Cc3ccccc3)C2=O)c1. The van der Waals surface area contributed by atoms with Crippen molar-refractivity contribution in [2.24, 2.45) is 0 Å². The number of methoxy groups -OCH3 is 1. The summed E-state index contributed by atoms with van der Waals surface area (Å²) in [6.45, 7) is 3.04. The number of imide groups is 1. The lowest BCUT2D eigenvalue weighted by Crippen LogP contribution is -2.49. The molecule has 1 fully saturated rings. The van der Waals surface area contributed by atoms with E-state index in [1.807, 2.05) is 30.3 Å². The predicted molar refractivity (Wildman–Crippen MR) is 186 cm³/mol. The van der Waals surface area contributed by atoms with Gasteiger partial charge in [-0.2, -0.15) is 0 Å². The Hall–Kier alpha value is -8.04. The quantitative estimate of drug-likeness (QED) is 0.333. The highest BCUT2D eigenvalue weighted by Gasteiger charge is 2.45. The van der Waals surface area contributed by atoms with Crippen LogP contribution in [0.1, 0.15) is 19.4 Å². The summed E-state index contributed by atoms with van der Waals surface area (Å²) in [4.78, 5) is 54.0. The fraction of sp³-hybridized carbons (Fsp3) is 0.150. The van der Waals surface area contributed by atoms with Crippen LogP contribution < -0.4 is 15.4 Å². The van der Waals surface area contributed by atoms with Crippen molar-refractivity contribution in [3.8, 4) is 113 Å². The van der Waals surface area contributed by atoms with Crippen molar-refractivity contribution in [3.05, 3.63) is 54.1 Å². The molecule has 2 aromatic rings. The number of nitrogens with one attached hydrogen (secondary N) is 2. The molecule has 1 unspecified atom stereocenters. The van der Waals surface area contributed by atoms with E-state index in [0.717, 1.165) is 5.56 Å². The van der Waals surface area contributed by atoms with Crippen LogP contribution in [0.25, 0.3) is 0 Å². The standard InChI is InChI=1S/C40H24N4O6/c1-4-6-7-8-9-10-11-12-13-14-15-16-17-18-22-25-36(45)41-33-26-27-35(49-3)34(29-33)42-38(47)39(50-28-5-2)44-37(46)31-43(40(44)48)30-32-23-20-19-21-24-32/h19-21,23-24,26-27,29,39H,30-31H2,1-3H3,(H,41,45)(H,42,47). The maximum absolute atomic E-state index is 13.4. The number of benzene rings is 2. The summed E-state index contributed by atoms with van der Waals surface area (Å²) in [7, 11) is 1.37. The van der Waals surface area contributed by atoms with Gasteiger partial charge in [-0.05, 0) is 114 Å². The third-order valence-corrected chi connectivity index (χ3v) is 5.85. The third kappa shape index (κ3) is 11.7. The van der Waals surface area contributed by atoms with E-state index < -0.39 is 30.0 Å². The van der Waals surface area contributed by atoms with Crippen molar-refractivity contribution >= 4 is 35.1 Å². The van der Waals surface area contributed by atoms with E-state index in [2.05, 4.69) is 117 Å². The van der Waals surface area contributed by atoms with Gasteiger partial charge < -0.3 is 25.0 Å². The Labute approximate surface area is 290 Å². The van der Waals surface area contributed by atoms with Gasteiger partial charge in [0.25, 0.3) is 18.0 Å². The Kier molecular flexibility index (Phi) is 14.7. The van der Waals surface area contributed by atoms with E-state index in [1.54, 1.807) is 6.92 Å². The van der Waals surface area contributed by atoms with E-state index in [9.17, 15) is 19.2 Å². The Morgan fingerprint density at radius 2 is 1.38 bits per heavy atom. The van der Waals surface area contributed by atoms with Crippen LogP contribution in [0.15, 0.2) is 48.5 Å². The third-order valence-electron chi connectivity index (χ3n) is 5.85. The first-order valence-electron chi connectivity index (χ1n) is 14.3. The topological polar surface area (TPSA) is 117 Å².